The van der Waals surface area contributed by atoms with Crippen molar-refractivity contribution < 1.29 is 27.5 Å². The third kappa shape index (κ3) is 2.07. The van der Waals surface area contributed by atoms with E-state index in [0.29, 0.717) is 6.92 Å². The summed E-state index contributed by atoms with van der Waals surface area (Å²) in [4.78, 5) is 17.3. The van der Waals surface area contributed by atoms with Crippen molar-refractivity contribution >= 4 is 7.60 Å². The normalized spacial score (nSPS) is 16.1. The highest BCUT2D eigenvalue weighted by Gasteiger charge is 2.46. The van der Waals surface area contributed by atoms with Crippen LogP contribution < -0.4 is 0 Å². The summed E-state index contributed by atoms with van der Waals surface area (Å²) in [6.45, 7) is 0.506. The lowest BCUT2D eigenvalue weighted by atomic mass is 10.1. The van der Waals surface area contributed by atoms with Gasteiger partial charge in [0, 0.05) is 5.56 Å². The second kappa shape index (κ2) is 3.63. The average molecular weight is 240 g/mol. The van der Waals surface area contributed by atoms with E-state index < -0.39 is 30.2 Å². The molecule has 1 aromatic carbocycles. The van der Waals surface area contributed by atoms with Crippen molar-refractivity contribution in [3.05, 3.63) is 35.4 Å². The number of hydrogen-bond donors (Lipinski definition) is 2. The third-order valence-electron chi connectivity index (χ3n) is 1.99. The molecule has 0 aliphatic carbocycles. The van der Waals surface area contributed by atoms with Crippen LogP contribution in [0.25, 0.3) is 0 Å². The van der Waals surface area contributed by atoms with Crippen LogP contribution in [0, 0.1) is 11.6 Å². The number of halogens is 3. The molecule has 1 unspecified atom stereocenters. The topological polar surface area (TPSA) is 57.5 Å². The van der Waals surface area contributed by atoms with Gasteiger partial charge in [-0.25, -0.2) is 13.2 Å². The molecule has 0 spiro atoms. The largest absolute Gasteiger partial charge is 0.366 e. The van der Waals surface area contributed by atoms with Gasteiger partial charge in [0.2, 0.25) is 5.41 Å². The number of benzene rings is 1. The third-order valence-corrected chi connectivity index (χ3v) is 3.33. The van der Waals surface area contributed by atoms with Gasteiger partial charge in [-0.3, -0.25) is 4.57 Å². The second-order valence-electron chi connectivity index (χ2n) is 3.10. The van der Waals surface area contributed by atoms with Gasteiger partial charge in [-0.1, -0.05) is 12.1 Å². The molecule has 0 aliphatic heterocycles. The summed E-state index contributed by atoms with van der Waals surface area (Å²) in [5, 5.41) is -3.24. The van der Waals surface area contributed by atoms with Gasteiger partial charge in [-0.2, -0.15) is 0 Å². The Morgan fingerprint density at radius 1 is 1.33 bits per heavy atom. The minimum absolute atomic E-state index is 0.506. The minimum Gasteiger partial charge on any atom is -0.322 e. The van der Waals surface area contributed by atoms with Crippen molar-refractivity contribution in [2.45, 2.75) is 12.3 Å². The highest BCUT2D eigenvalue weighted by atomic mass is 31.2. The van der Waals surface area contributed by atoms with E-state index in [1.54, 1.807) is 0 Å². The maximum absolute atomic E-state index is 13.6. The molecule has 0 saturated heterocycles. The molecule has 0 fully saturated rings. The van der Waals surface area contributed by atoms with Gasteiger partial charge >= 0.3 is 7.60 Å². The van der Waals surface area contributed by atoms with E-state index in [1.807, 2.05) is 0 Å². The number of hydrogen-bond acceptors (Lipinski definition) is 1. The maximum atomic E-state index is 13.6. The Hall–Kier alpha value is -0.840. The quantitative estimate of drug-likeness (QED) is 0.779. The van der Waals surface area contributed by atoms with E-state index in [1.165, 1.54) is 0 Å². The van der Waals surface area contributed by atoms with Gasteiger partial charge in [-0.05, 0) is 13.0 Å². The first-order valence-electron chi connectivity index (χ1n) is 3.87. The maximum Gasteiger partial charge on any atom is 0.366 e. The molecule has 1 atom stereocenters. The van der Waals surface area contributed by atoms with Crippen LogP contribution in [0.2, 0.25) is 0 Å². The average Bonchev–Trinajstić information content (AvgIpc) is 2.07. The molecule has 0 aliphatic rings. The van der Waals surface area contributed by atoms with Crippen molar-refractivity contribution in [1.29, 1.82) is 0 Å². The van der Waals surface area contributed by atoms with Crippen molar-refractivity contribution in [2.24, 2.45) is 0 Å². The second-order valence-corrected chi connectivity index (χ2v) is 5.03. The molecule has 0 saturated carbocycles. The van der Waals surface area contributed by atoms with Crippen LogP contribution in [0.4, 0.5) is 13.2 Å². The van der Waals surface area contributed by atoms with Gasteiger partial charge < -0.3 is 9.79 Å². The zero-order chi connectivity index (χ0) is 11.9. The lowest BCUT2D eigenvalue weighted by molar-refractivity contribution is 0.215. The molecule has 15 heavy (non-hydrogen) atoms. The van der Waals surface area contributed by atoms with Crippen LogP contribution in [0.5, 0.6) is 0 Å². The molecule has 0 amide bonds. The Balaban J connectivity index is 3.40. The monoisotopic (exact) mass is 240 g/mol. The Morgan fingerprint density at radius 2 is 1.87 bits per heavy atom. The van der Waals surface area contributed by atoms with Crippen molar-refractivity contribution in [3.63, 3.8) is 0 Å². The van der Waals surface area contributed by atoms with Gasteiger partial charge in [0.05, 0.1) is 0 Å². The molecule has 0 radical (unpaired) electrons. The molecule has 2 N–H and O–H groups in total. The zero-order valence-corrected chi connectivity index (χ0v) is 8.51. The van der Waals surface area contributed by atoms with Gasteiger partial charge in [-0.15, -0.1) is 0 Å². The van der Waals surface area contributed by atoms with Crippen LogP contribution in [0.15, 0.2) is 18.2 Å². The van der Waals surface area contributed by atoms with Crippen LogP contribution in [0.1, 0.15) is 12.5 Å². The smallest absolute Gasteiger partial charge is 0.322 e. The fourth-order valence-electron chi connectivity index (χ4n) is 1.01. The molecular weight excluding hydrogens is 232 g/mol. The summed E-state index contributed by atoms with van der Waals surface area (Å²) in [5.74, 6) is -2.95. The summed E-state index contributed by atoms with van der Waals surface area (Å²) in [5.41, 5.74) is -0.990. The van der Waals surface area contributed by atoms with Crippen LogP contribution in [-0.2, 0) is 9.97 Å². The number of rotatable bonds is 2. The van der Waals surface area contributed by atoms with E-state index in [0.717, 1.165) is 18.2 Å². The molecule has 3 nitrogen and oxygen atoms in total. The van der Waals surface area contributed by atoms with Crippen LogP contribution in [-0.4, -0.2) is 9.79 Å². The first-order chi connectivity index (χ1) is 6.68. The standard InChI is InChI=1S/C8H8F3O3P/c1-8(11,15(12,13)14)5-3-2-4-6(9)7(5)10/h2-4H,1H3,(H2,12,13,14). The summed E-state index contributed by atoms with van der Waals surface area (Å²) in [7, 11) is -5.21. The summed E-state index contributed by atoms with van der Waals surface area (Å²) < 4.78 is 50.1. The highest BCUT2D eigenvalue weighted by molar-refractivity contribution is 7.52. The van der Waals surface area contributed by atoms with Crippen molar-refractivity contribution in [3.8, 4) is 0 Å². The Bertz CT molecular complexity index is 427. The summed E-state index contributed by atoms with van der Waals surface area (Å²) in [6.07, 6.45) is 0. The van der Waals surface area contributed by atoms with E-state index in [2.05, 4.69) is 0 Å². The Labute approximate surface area is 83.7 Å². The fourth-order valence-corrected chi connectivity index (χ4v) is 1.50. The minimum atomic E-state index is -5.21. The van der Waals surface area contributed by atoms with Gasteiger partial charge in [0.25, 0.3) is 0 Å². The van der Waals surface area contributed by atoms with E-state index in [-0.39, 0.29) is 0 Å². The zero-order valence-electron chi connectivity index (χ0n) is 7.62. The predicted molar refractivity (Wildman–Crippen MR) is 46.9 cm³/mol. The van der Waals surface area contributed by atoms with Gasteiger partial charge in [0.1, 0.15) is 0 Å². The molecule has 1 rings (SSSR count). The van der Waals surface area contributed by atoms with Crippen molar-refractivity contribution in [2.75, 3.05) is 0 Å². The molecular formula is C8H8F3O3P. The van der Waals surface area contributed by atoms with Crippen LogP contribution in [0.3, 0.4) is 0 Å². The highest BCUT2D eigenvalue weighted by Crippen LogP contribution is 2.58. The predicted octanol–water partition coefficient (Wildman–Crippen LogP) is 2.28. The Morgan fingerprint density at radius 3 is 2.33 bits per heavy atom. The molecule has 7 heteroatoms. The Kier molecular flexibility index (Phi) is 2.96. The first kappa shape index (κ1) is 12.2. The van der Waals surface area contributed by atoms with E-state index in [9.17, 15) is 17.7 Å². The van der Waals surface area contributed by atoms with Crippen molar-refractivity contribution in [1.82, 2.24) is 0 Å². The molecule has 0 bridgehead atoms. The SMILES string of the molecule is CC(F)(c1cccc(F)c1F)P(=O)(O)O. The molecule has 1 aromatic rings. The van der Waals surface area contributed by atoms with E-state index >= 15 is 0 Å². The summed E-state index contributed by atoms with van der Waals surface area (Å²) in [6, 6.07) is 2.49. The number of alkyl halides is 1. The fraction of sp³-hybridized carbons (Fsp3) is 0.250. The summed E-state index contributed by atoms with van der Waals surface area (Å²) >= 11 is 0. The lowest BCUT2D eigenvalue weighted by Crippen LogP contribution is -2.18. The van der Waals surface area contributed by atoms with Gasteiger partial charge in [0.15, 0.2) is 11.6 Å². The molecule has 0 aromatic heterocycles. The van der Waals surface area contributed by atoms with Crippen LogP contribution >= 0.6 is 7.60 Å². The molecule has 0 heterocycles. The first-order valence-corrected chi connectivity index (χ1v) is 5.48. The molecule has 84 valence electrons. The van der Waals surface area contributed by atoms with E-state index in [4.69, 9.17) is 9.79 Å². The lowest BCUT2D eigenvalue weighted by Gasteiger charge is -2.22.